The van der Waals surface area contributed by atoms with E-state index in [-0.39, 0.29) is 6.04 Å². The summed E-state index contributed by atoms with van der Waals surface area (Å²) in [4.78, 5) is 2.74. The van der Waals surface area contributed by atoms with Gasteiger partial charge in [0.25, 0.3) is 0 Å². The molecule has 1 aromatic carbocycles. The van der Waals surface area contributed by atoms with Crippen LogP contribution in [0.2, 0.25) is 0 Å². The van der Waals surface area contributed by atoms with Crippen molar-refractivity contribution in [1.82, 2.24) is 4.90 Å². The SMILES string of the molecule is Cc1ccccc1C(N)CCN1CCCC2CCCC21. The molecule has 1 saturated carbocycles. The number of piperidine rings is 1. The lowest BCUT2D eigenvalue weighted by Crippen LogP contribution is -2.43. The predicted octanol–water partition coefficient (Wildman–Crippen LogP) is 3.65. The Labute approximate surface area is 123 Å². The Balaban J connectivity index is 1.57. The van der Waals surface area contributed by atoms with E-state index < -0.39 is 0 Å². The van der Waals surface area contributed by atoms with Crippen LogP contribution in [0.5, 0.6) is 0 Å². The molecule has 1 aliphatic carbocycles. The van der Waals surface area contributed by atoms with E-state index in [0.29, 0.717) is 0 Å². The van der Waals surface area contributed by atoms with Gasteiger partial charge in [-0.3, -0.25) is 0 Å². The molecule has 1 aliphatic heterocycles. The monoisotopic (exact) mass is 272 g/mol. The van der Waals surface area contributed by atoms with E-state index in [2.05, 4.69) is 36.1 Å². The van der Waals surface area contributed by atoms with Crippen LogP contribution in [0.1, 0.15) is 55.7 Å². The zero-order valence-corrected chi connectivity index (χ0v) is 12.7. The van der Waals surface area contributed by atoms with Crippen molar-refractivity contribution in [2.75, 3.05) is 13.1 Å². The summed E-state index contributed by atoms with van der Waals surface area (Å²) in [5.41, 5.74) is 9.08. The molecule has 0 spiro atoms. The number of nitrogens with two attached hydrogens (primary N) is 1. The molecule has 2 heteroatoms. The minimum Gasteiger partial charge on any atom is -0.324 e. The van der Waals surface area contributed by atoms with Crippen molar-refractivity contribution in [2.45, 2.75) is 57.5 Å². The third kappa shape index (κ3) is 2.91. The molecule has 2 fully saturated rings. The van der Waals surface area contributed by atoms with Crippen molar-refractivity contribution in [2.24, 2.45) is 11.7 Å². The maximum absolute atomic E-state index is 6.42. The highest BCUT2D eigenvalue weighted by molar-refractivity contribution is 5.28. The van der Waals surface area contributed by atoms with Crippen molar-refractivity contribution in [3.63, 3.8) is 0 Å². The highest BCUT2D eigenvalue weighted by atomic mass is 15.2. The number of likely N-dealkylation sites (tertiary alicyclic amines) is 1. The van der Waals surface area contributed by atoms with Gasteiger partial charge >= 0.3 is 0 Å². The summed E-state index contributed by atoms with van der Waals surface area (Å²) in [6.45, 7) is 4.64. The van der Waals surface area contributed by atoms with Crippen molar-refractivity contribution >= 4 is 0 Å². The smallest absolute Gasteiger partial charge is 0.0309 e. The summed E-state index contributed by atoms with van der Waals surface area (Å²) in [6, 6.07) is 9.62. The molecule has 1 heterocycles. The molecular formula is C18H28N2. The molecule has 3 atom stereocenters. The van der Waals surface area contributed by atoms with E-state index in [9.17, 15) is 0 Å². The van der Waals surface area contributed by atoms with E-state index in [4.69, 9.17) is 5.73 Å². The molecule has 20 heavy (non-hydrogen) atoms. The highest BCUT2D eigenvalue weighted by Gasteiger charge is 2.34. The van der Waals surface area contributed by atoms with Crippen molar-refractivity contribution in [3.8, 4) is 0 Å². The molecule has 2 aliphatic rings. The standard InChI is InChI=1S/C18H28N2/c1-14-6-2-3-9-16(14)17(19)11-13-20-12-5-8-15-7-4-10-18(15)20/h2-3,6,9,15,17-18H,4-5,7-8,10-13,19H2,1H3. The fraction of sp³-hybridized carbons (Fsp3) is 0.667. The minimum absolute atomic E-state index is 0.193. The number of fused-ring (bicyclic) bond motifs is 1. The van der Waals surface area contributed by atoms with Crippen LogP contribution in [-0.4, -0.2) is 24.0 Å². The van der Waals surface area contributed by atoms with Crippen LogP contribution >= 0.6 is 0 Å². The number of benzene rings is 1. The average Bonchev–Trinajstić information content (AvgIpc) is 2.94. The average molecular weight is 272 g/mol. The Morgan fingerprint density at radius 2 is 2.00 bits per heavy atom. The second kappa shape index (κ2) is 6.28. The summed E-state index contributed by atoms with van der Waals surface area (Å²) in [7, 11) is 0. The number of hydrogen-bond acceptors (Lipinski definition) is 2. The van der Waals surface area contributed by atoms with Crippen molar-refractivity contribution in [1.29, 1.82) is 0 Å². The Kier molecular flexibility index (Phi) is 4.42. The minimum atomic E-state index is 0.193. The molecule has 0 aromatic heterocycles. The lowest BCUT2D eigenvalue weighted by Gasteiger charge is -2.38. The van der Waals surface area contributed by atoms with Gasteiger partial charge in [0, 0.05) is 18.6 Å². The zero-order chi connectivity index (χ0) is 13.9. The third-order valence-corrected chi connectivity index (χ3v) is 5.42. The quantitative estimate of drug-likeness (QED) is 0.906. The summed E-state index contributed by atoms with van der Waals surface area (Å²) in [5, 5.41) is 0. The van der Waals surface area contributed by atoms with Crippen LogP contribution in [0.25, 0.3) is 0 Å². The van der Waals surface area contributed by atoms with E-state index in [1.54, 1.807) is 0 Å². The Morgan fingerprint density at radius 3 is 2.85 bits per heavy atom. The van der Waals surface area contributed by atoms with Gasteiger partial charge in [0.05, 0.1) is 0 Å². The number of rotatable bonds is 4. The molecule has 110 valence electrons. The van der Waals surface area contributed by atoms with Gasteiger partial charge in [-0.25, -0.2) is 0 Å². The number of aryl methyl sites for hydroxylation is 1. The van der Waals surface area contributed by atoms with Gasteiger partial charge in [-0.1, -0.05) is 30.7 Å². The topological polar surface area (TPSA) is 29.3 Å². The lowest BCUT2D eigenvalue weighted by atomic mass is 9.91. The molecule has 0 bridgehead atoms. The summed E-state index contributed by atoms with van der Waals surface area (Å²) in [5.74, 6) is 0.985. The zero-order valence-electron chi connectivity index (χ0n) is 12.7. The van der Waals surface area contributed by atoms with Gasteiger partial charge in [-0.05, 0) is 62.6 Å². The Hall–Kier alpha value is -0.860. The van der Waals surface area contributed by atoms with E-state index in [1.165, 1.54) is 56.3 Å². The molecule has 1 aromatic rings. The third-order valence-electron chi connectivity index (χ3n) is 5.42. The van der Waals surface area contributed by atoms with Crippen LogP contribution in [-0.2, 0) is 0 Å². The predicted molar refractivity (Wildman–Crippen MR) is 84.7 cm³/mol. The first-order chi connectivity index (χ1) is 9.75. The lowest BCUT2D eigenvalue weighted by molar-refractivity contribution is 0.109. The second-order valence-corrected chi connectivity index (χ2v) is 6.69. The number of hydrogen-bond donors (Lipinski definition) is 1. The fourth-order valence-electron chi connectivity index (χ4n) is 4.30. The maximum Gasteiger partial charge on any atom is 0.0309 e. The fourth-order valence-corrected chi connectivity index (χ4v) is 4.30. The first kappa shape index (κ1) is 14.1. The molecular weight excluding hydrogens is 244 g/mol. The molecule has 3 rings (SSSR count). The molecule has 3 unspecified atom stereocenters. The Bertz CT molecular complexity index is 443. The van der Waals surface area contributed by atoms with Gasteiger partial charge in [0.2, 0.25) is 0 Å². The summed E-state index contributed by atoms with van der Waals surface area (Å²) < 4.78 is 0. The van der Waals surface area contributed by atoms with Crippen LogP contribution in [0, 0.1) is 12.8 Å². The van der Waals surface area contributed by atoms with Gasteiger partial charge in [-0.2, -0.15) is 0 Å². The van der Waals surface area contributed by atoms with Crippen LogP contribution < -0.4 is 5.73 Å². The normalized spacial score (nSPS) is 28.3. The van der Waals surface area contributed by atoms with Crippen LogP contribution in [0.3, 0.4) is 0 Å². The molecule has 2 nitrogen and oxygen atoms in total. The van der Waals surface area contributed by atoms with E-state index >= 15 is 0 Å². The Morgan fingerprint density at radius 1 is 1.20 bits per heavy atom. The van der Waals surface area contributed by atoms with Crippen molar-refractivity contribution < 1.29 is 0 Å². The van der Waals surface area contributed by atoms with Gasteiger partial charge in [0.1, 0.15) is 0 Å². The highest BCUT2D eigenvalue weighted by Crippen LogP contribution is 2.37. The van der Waals surface area contributed by atoms with Gasteiger partial charge < -0.3 is 10.6 Å². The molecule has 0 radical (unpaired) electrons. The van der Waals surface area contributed by atoms with E-state index in [1.807, 2.05) is 0 Å². The van der Waals surface area contributed by atoms with E-state index in [0.717, 1.165) is 18.4 Å². The van der Waals surface area contributed by atoms with Crippen LogP contribution in [0.4, 0.5) is 0 Å². The van der Waals surface area contributed by atoms with Gasteiger partial charge in [-0.15, -0.1) is 0 Å². The first-order valence-electron chi connectivity index (χ1n) is 8.31. The largest absolute Gasteiger partial charge is 0.324 e. The molecule has 0 amide bonds. The first-order valence-corrected chi connectivity index (χ1v) is 8.31. The second-order valence-electron chi connectivity index (χ2n) is 6.69. The van der Waals surface area contributed by atoms with Crippen molar-refractivity contribution in [3.05, 3.63) is 35.4 Å². The molecule has 1 saturated heterocycles. The molecule has 2 N–H and O–H groups in total. The number of nitrogens with zero attached hydrogens (tertiary/aromatic N) is 1. The summed E-state index contributed by atoms with van der Waals surface area (Å²) in [6.07, 6.45) is 8.27. The van der Waals surface area contributed by atoms with Gasteiger partial charge in [0.15, 0.2) is 0 Å². The van der Waals surface area contributed by atoms with Crippen LogP contribution in [0.15, 0.2) is 24.3 Å². The summed E-state index contributed by atoms with van der Waals surface area (Å²) >= 11 is 0. The maximum atomic E-state index is 6.42.